The molecule has 1 aromatic heterocycles. The molecule has 2 fully saturated rings. The number of anilines is 2. The van der Waals surface area contributed by atoms with E-state index in [1.165, 1.54) is 0 Å². The minimum Gasteiger partial charge on any atom is -0.504 e. The van der Waals surface area contributed by atoms with Crippen LogP contribution in [0.1, 0.15) is 68.7 Å². The predicted molar refractivity (Wildman–Crippen MR) is 185 cm³/mol. The minimum absolute atomic E-state index is 0.0390. The molecule has 10 heteroatoms. The number of pyridine rings is 1. The fraction of sp³-hybridized carbons (Fsp3) is 0.486. The lowest BCUT2D eigenvalue weighted by molar-refractivity contribution is -0.135. The first-order valence-electron chi connectivity index (χ1n) is 16.9. The first-order valence-corrected chi connectivity index (χ1v) is 17.2. The van der Waals surface area contributed by atoms with Crippen molar-refractivity contribution in [2.75, 3.05) is 50.1 Å². The van der Waals surface area contributed by atoms with E-state index in [0.29, 0.717) is 35.0 Å². The Labute approximate surface area is 283 Å². The second kappa shape index (κ2) is 14.1. The third kappa shape index (κ3) is 7.21. The van der Waals surface area contributed by atoms with Crippen molar-refractivity contribution in [2.24, 2.45) is 5.92 Å². The Kier molecular flexibility index (Phi) is 9.94. The van der Waals surface area contributed by atoms with Crippen LogP contribution in [0.3, 0.4) is 0 Å². The molecule has 0 unspecified atom stereocenters. The van der Waals surface area contributed by atoms with E-state index in [9.17, 15) is 14.7 Å². The highest BCUT2D eigenvalue weighted by Gasteiger charge is 2.36. The van der Waals surface area contributed by atoms with Gasteiger partial charge in [-0.25, -0.2) is 4.98 Å². The number of ether oxygens (including phenoxy) is 1. The van der Waals surface area contributed by atoms with Crippen LogP contribution < -0.4 is 14.5 Å². The Hall–Kier alpha value is -3.82. The molecule has 0 spiro atoms. The van der Waals surface area contributed by atoms with Gasteiger partial charge in [0.2, 0.25) is 11.8 Å². The highest BCUT2D eigenvalue weighted by Crippen LogP contribution is 2.43. The lowest BCUT2D eigenvalue weighted by Gasteiger charge is -2.41. The number of fused-ring (bicyclic) bond motifs is 1. The average Bonchev–Trinajstić information content (AvgIpc) is 3.07. The zero-order valence-corrected chi connectivity index (χ0v) is 28.6. The number of hydrogen-bond donors (Lipinski definition) is 1. The van der Waals surface area contributed by atoms with Crippen LogP contribution in [0.15, 0.2) is 54.7 Å². The number of aromatic hydroxyl groups is 1. The molecule has 6 rings (SSSR count). The summed E-state index contributed by atoms with van der Waals surface area (Å²) in [5.74, 6) is 2.03. The first kappa shape index (κ1) is 33.1. The van der Waals surface area contributed by atoms with Gasteiger partial charge in [-0.15, -0.1) is 0 Å². The van der Waals surface area contributed by atoms with E-state index >= 15 is 0 Å². The van der Waals surface area contributed by atoms with Crippen molar-refractivity contribution in [3.05, 3.63) is 76.4 Å². The second-order valence-electron chi connectivity index (χ2n) is 13.5. The molecule has 2 atom stereocenters. The van der Waals surface area contributed by atoms with Crippen molar-refractivity contribution < 1.29 is 19.4 Å². The molecule has 3 aliphatic rings. The normalized spacial score (nSPS) is 22.6. The molecule has 1 saturated carbocycles. The molecule has 2 aliphatic heterocycles. The molecule has 3 heterocycles. The van der Waals surface area contributed by atoms with E-state index in [0.717, 1.165) is 74.2 Å². The summed E-state index contributed by atoms with van der Waals surface area (Å²) < 4.78 is 6.07. The van der Waals surface area contributed by atoms with Gasteiger partial charge in [0, 0.05) is 44.8 Å². The molecule has 1 saturated heterocycles. The summed E-state index contributed by atoms with van der Waals surface area (Å²) in [5, 5.41) is 11.4. The topological polar surface area (TPSA) is 89.5 Å². The van der Waals surface area contributed by atoms with Crippen LogP contribution in [0.2, 0.25) is 5.02 Å². The molecular weight excluding hydrogens is 614 g/mol. The number of rotatable bonds is 9. The van der Waals surface area contributed by atoms with Gasteiger partial charge in [0.15, 0.2) is 11.5 Å². The molecule has 2 amide bonds. The van der Waals surface area contributed by atoms with Crippen LogP contribution in [-0.4, -0.2) is 84.1 Å². The molecule has 1 N–H and O–H groups in total. The van der Waals surface area contributed by atoms with Gasteiger partial charge in [0.1, 0.15) is 5.82 Å². The second-order valence-corrected chi connectivity index (χ2v) is 13.9. The van der Waals surface area contributed by atoms with Crippen LogP contribution in [0.25, 0.3) is 0 Å². The van der Waals surface area contributed by atoms with Crippen LogP contribution in [0.5, 0.6) is 11.5 Å². The van der Waals surface area contributed by atoms with Crippen LogP contribution in [0, 0.1) is 5.92 Å². The SMILES string of the molecule is CC[C@@H](C)Oc1cc2c(cc1O)CC(=O)N(c1ccc(N(C)C[C@H]3CC[C@H](N4CCN(C)C(=O)C4)CC3)nc1)[C@H]2c1ccc(Cl)cc1. The highest BCUT2D eigenvalue weighted by molar-refractivity contribution is 6.30. The smallest absolute Gasteiger partial charge is 0.236 e. The fourth-order valence-corrected chi connectivity index (χ4v) is 7.36. The number of benzene rings is 2. The van der Waals surface area contributed by atoms with Gasteiger partial charge in [0.25, 0.3) is 0 Å². The van der Waals surface area contributed by atoms with Crippen molar-refractivity contribution in [3.8, 4) is 11.5 Å². The number of hydrogen-bond acceptors (Lipinski definition) is 7. The summed E-state index contributed by atoms with van der Waals surface area (Å²) >= 11 is 6.26. The Morgan fingerprint density at radius 1 is 1.04 bits per heavy atom. The molecule has 2 aromatic carbocycles. The zero-order valence-electron chi connectivity index (χ0n) is 27.9. The number of halogens is 1. The molecule has 250 valence electrons. The summed E-state index contributed by atoms with van der Waals surface area (Å²) in [6, 6.07) is 15.1. The summed E-state index contributed by atoms with van der Waals surface area (Å²) in [6.07, 6.45) is 7.18. The Bertz CT molecular complexity index is 1570. The lowest BCUT2D eigenvalue weighted by Crippen LogP contribution is -2.53. The third-order valence-corrected chi connectivity index (χ3v) is 10.5. The van der Waals surface area contributed by atoms with Crippen LogP contribution >= 0.6 is 11.6 Å². The summed E-state index contributed by atoms with van der Waals surface area (Å²) in [7, 11) is 3.97. The Balaban J connectivity index is 1.19. The van der Waals surface area contributed by atoms with Crippen molar-refractivity contribution in [1.29, 1.82) is 0 Å². The van der Waals surface area contributed by atoms with E-state index in [-0.39, 0.29) is 30.1 Å². The number of aromatic nitrogens is 1. The Morgan fingerprint density at radius 2 is 1.79 bits per heavy atom. The van der Waals surface area contributed by atoms with Crippen molar-refractivity contribution in [1.82, 2.24) is 14.8 Å². The molecule has 9 nitrogen and oxygen atoms in total. The number of carbonyl (C=O) groups is 2. The fourth-order valence-electron chi connectivity index (χ4n) is 7.24. The van der Waals surface area contributed by atoms with E-state index in [4.69, 9.17) is 21.3 Å². The van der Waals surface area contributed by atoms with Gasteiger partial charge in [-0.05, 0) is 98.0 Å². The molecule has 0 radical (unpaired) electrons. The highest BCUT2D eigenvalue weighted by atomic mass is 35.5. The zero-order chi connectivity index (χ0) is 33.2. The summed E-state index contributed by atoms with van der Waals surface area (Å²) in [5.41, 5.74) is 3.29. The maximum atomic E-state index is 13.8. The van der Waals surface area contributed by atoms with E-state index in [1.54, 1.807) is 17.2 Å². The summed E-state index contributed by atoms with van der Waals surface area (Å²) in [6.45, 7) is 7.24. The molecule has 47 heavy (non-hydrogen) atoms. The number of nitrogens with zero attached hydrogens (tertiary/aromatic N) is 5. The number of carbonyl (C=O) groups excluding carboxylic acids is 2. The van der Waals surface area contributed by atoms with E-state index in [1.807, 2.05) is 68.3 Å². The summed E-state index contributed by atoms with van der Waals surface area (Å²) in [4.78, 5) is 39.1. The Morgan fingerprint density at radius 3 is 2.45 bits per heavy atom. The first-order chi connectivity index (χ1) is 22.6. The average molecular weight is 660 g/mol. The molecular formula is C37H46ClN5O4. The monoisotopic (exact) mass is 659 g/mol. The lowest BCUT2D eigenvalue weighted by atomic mass is 9.84. The van der Waals surface area contributed by atoms with Gasteiger partial charge in [-0.1, -0.05) is 30.7 Å². The molecule has 1 aliphatic carbocycles. The van der Waals surface area contributed by atoms with Gasteiger partial charge < -0.3 is 19.6 Å². The van der Waals surface area contributed by atoms with Gasteiger partial charge in [-0.3, -0.25) is 19.4 Å². The maximum absolute atomic E-state index is 13.8. The predicted octanol–water partition coefficient (Wildman–Crippen LogP) is 6.07. The van der Waals surface area contributed by atoms with E-state index in [2.05, 4.69) is 16.8 Å². The quantitative estimate of drug-likeness (QED) is 0.299. The van der Waals surface area contributed by atoms with Gasteiger partial charge in [-0.2, -0.15) is 0 Å². The third-order valence-electron chi connectivity index (χ3n) is 10.2. The van der Waals surface area contributed by atoms with Crippen molar-refractivity contribution >= 4 is 34.9 Å². The van der Waals surface area contributed by atoms with Gasteiger partial charge >= 0.3 is 0 Å². The number of phenolic OH excluding ortho intramolecular Hbond substituents is 1. The van der Waals surface area contributed by atoms with E-state index < -0.39 is 6.04 Å². The molecule has 0 bridgehead atoms. The largest absolute Gasteiger partial charge is 0.504 e. The maximum Gasteiger partial charge on any atom is 0.236 e. The molecule has 3 aromatic rings. The van der Waals surface area contributed by atoms with Gasteiger partial charge in [0.05, 0.1) is 37.0 Å². The van der Waals surface area contributed by atoms with Crippen molar-refractivity contribution in [3.63, 3.8) is 0 Å². The minimum atomic E-state index is -0.445. The standard InChI is InChI=1S/C37H46ClN5O4/c1-5-24(2)47-33-20-31-27(18-32(33)44)19-35(45)43(37(31)26-8-10-28(38)11-9-26)30-14-15-34(39-21-30)41(4)22-25-6-12-29(13-7-25)42-17-16-40(3)36(46)23-42/h8-11,14-15,18,20-21,24-25,29,37,44H,5-7,12-13,16-17,19,22-23H2,1-4H3/t24-,25-,29-,37+/m1/s1. The van der Waals surface area contributed by atoms with Crippen molar-refractivity contribution in [2.45, 2.75) is 70.6 Å². The number of amides is 2. The van der Waals surface area contributed by atoms with Crippen LogP contribution in [0.4, 0.5) is 11.5 Å². The van der Waals surface area contributed by atoms with Crippen LogP contribution in [-0.2, 0) is 16.0 Å². The number of piperazine rings is 1. The number of likely N-dealkylation sites (N-methyl/N-ethyl adjacent to an activating group) is 1. The number of phenols is 1.